The van der Waals surface area contributed by atoms with Gasteiger partial charge in [-0.3, -0.25) is 4.79 Å². The molecule has 0 saturated carbocycles. The van der Waals surface area contributed by atoms with E-state index in [2.05, 4.69) is 4.72 Å². The number of sulfonamides is 1. The van der Waals surface area contributed by atoms with Gasteiger partial charge in [0.05, 0.1) is 4.90 Å². The van der Waals surface area contributed by atoms with Crippen LogP contribution in [-0.4, -0.2) is 39.4 Å². The third-order valence-electron chi connectivity index (χ3n) is 3.05. The molecule has 0 aromatic heterocycles. The molecule has 1 amide bonds. The molecule has 6 heteroatoms. The molecule has 1 aromatic carbocycles. The first-order chi connectivity index (χ1) is 8.54. The van der Waals surface area contributed by atoms with Crippen molar-refractivity contribution in [2.24, 2.45) is 0 Å². The monoisotopic (exact) mass is 268 g/mol. The molecule has 0 radical (unpaired) electrons. The second kappa shape index (κ2) is 5.07. The predicted molar refractivity (Wildman–Crippen MR) is 67.8 cm³/mol. The molecule has 0 spiro atoms. The van der Waals surface area contributed by atoms with Gasteiger partial charge in [-0.25, -0.2) is 13.1 Å². The lowest BCUT2D eigenvalue weighted by atomic mass is 10.2. The van der Waals surface area contributed by atoms with Crippen LogP contribution in [0.2, 0.25) is 0 Å². The Morgan fingerprint density at radius 2 is 1.94 bits per heavy atom. The second-order valence-electron chi connectivity index (χ2n) is 4.23. The maximum absolute atomic E-state index is 12.1. The van der Waals surface area contributed by atoms with Gasteiger partial charge in [0.25, 0.3) is 5.91 Å². The van der Waals surface area contributed by atoms with E-state index in [1.807, 2.05) is 0 Å². The van der Waals surface area contributed by atoms with Gasteiger partial charge in [0.1, 0.15) is 0 Å². The quantitative estimate of drug-likeness (QED) is 0.883. The van der Waals surface area contributed by atoms with Crippen molar-refractivity contribution in [1.29, 1.82) is 0 Å². The van der Waals surface area contributed by atoms with Crippen molar-refractivity contribution < 1.29 is 13.2 Å². The molecule has 98 valence electrons. The molecule has 18 heavy (non-hydrogen) atoms. The first kappa shape index (κ1) is 13.0. The number of carbonyl (C=O) groups is 1. The van der Waals surface area contributed by atoms with Crippen molar-refractivity contribution in [3.8, 4) is 0 Å². The van der Waals surface area contributed by atoms with Crippen molar-refractivity contribution >= 4 is 15.9 Å². The number of carbonyl (C=O) groups excluding carboxylic acids is 1. The summed E-state index contributed by atoms with van der Waals surface area (Å²) in [6.45, 7) is 1.50. The molecule has 2 rings (SSSR count). The normalized spacial score (nSPS) is 15.9. The number of hydrogen-bond acceptors (Lipinski definition) is 3. The van der Waals surface area contributed by atoms with Gasteiger partial charge in [-0.2, -0.15) is 0 Å². The van der Waals surface area contributed by atoms with Crippen LogP contribution < -0.4 is 4.72 Å². The predicted octanol–water partition coefficient (Wildman–Crippen LogP) is 0.831. The molecule has 1 saturated heterocycles. The SMILES string of the molecule is CNS(=O)(=O)c1cccc(C(=O)N2CCCC2)c1. The molecule has 1 aliphatic rings. The lowest BCUT2D eigenvalue weighted by molar-refractivity contribution is 0.0792. The van der Waals surface area contributed by atoms with Crippen molar-refractivity contribution in [3.05, 3.63) is 29.8 Å². The molecule has 0 bridgehead atoms. The summed E-state index contributed by atoms with van der Waals surface area (Å²) in [5.74, 6) is -0.0966. The minimum atomic E-state index is -3.50. The Hall–Kier alpha value is -1.40. The number of nitrogens with zero attached hydrogens (tertiary/aromatic N) is 1. The lowest BCUT2D eigenvalue weighted by Crippen LogP contribution is -2.28. The maximum atomic E-state index is 12.1. The van der Waals surface area contributed by atoms with E-state index in [1.165, 1.54) is 19.2 Å². The fourth-order valence-corrected chi connectivity index (χ4v) is 2.79. The van der Waals surface area contributed by atoms with Gasteiger partial charge < -0.3 is 4.90 Å². The highest BCUT2D eigenvalue weighted by Gasteiger charge is 2.21. The van der Waals surface area contributed by atoms with Crippen LogP contribution >= 0.6 is 0 Å². The van der Waals surface area contributed by atoms with Crippen LogP contribution in [0.15, 0.2) is 29.2 Å². The molecule has 5 nitrogen and oxygen atoms in total. The first-order valence-corrected chi connectivity index (χ1v) is 7.36. The Bertz CT molecular complexity index is 548. The Morgan fingerprint density at radius 3 is 2.56 bits per heavy atom. The van der Waals surface area contributed by atoms with Crippen LogP contribution in [0.4, 0.5) is 0 Å². The maximum Gasteiger partial charge on any atom is 0.253 e. The van der Waals surface area contributed by atoms with E-state index in [0.717, 1.165) is 25.9 Å². The lowest BCUT2D eigenvalue weighted by Gasteiger charge is -2.15. The summed E-state index contributed by atoms with van der Waals surface area (Å²) in [6, 6.07) is 6.14. The average molecular weight is 268 g/mol. The summed E-state index contributed by atoms with van der Waals surface area (Å²) in [4.78, 5) is 14.0. The van der Waals surface area contributed by atoms with Gasteiger partial charge in [-0.1, -0.05) is 6.07 Å². The van der Waals surface area contributed by atoms with Gasteiger partial charge in [0, 0.05) is 18.7 Å². The van der Waals surface area contributed by atoms with E-state index < -0.39 is 10.0 Å². The molecule has 0 unspecified atom stereocenters. The van der Waals surface area contributed by atoms with E-state index in [0.29, 0.717) is 5.56 Å². The minimum Gasteiger partial charge on any atom is -0.339 e. The summed E-state index contributed by atoms with van der Waals surface area (Å²) in [5, 5.41) is 0. The summed E-state index contributed by atoms with van der Waals surface area (Å²) >= 11 is 0. The zero-order valence-electron chi connectivity index (χ0n) is 10.2. The fraction of sp³-hybridized carbons (Fsp3) is 0.417. The summed E-state index contributed by atoms with van der Waals surface area (Å²) in [6.07, 6.45) is 2.03. The minimum absolute atomic E-state index is 0.0966. The molecule has 1 aromatic rings. The Kier molecular flexibility index (Phi) is 3.68. The van der Waals surface area contributed by atoms with Crippen LogP contribution in [0.1, 0.15) is 23.2 Å². The van der Waals surface area contributed by atoms with Crippen LogP contribution in [0.5, 0.6) is 0 Å². The van der Waals surface area contributed by atoms with Crippen LogP contribution in [0.25, 0.3) is 0 Å². The third-order valence-corrected chi connectivity index (χ3v) is 4.47. The van der Waals surface area contributed by atoms with E-state index in [4.69, 9.17) is 0 Å². The van der Waals surface area contributed by atoms with E-state index in [9.17, 15) is 13.2 Å². The van der Waals surface area contributed by atoms with Gasteiger partial charge in [-0.05, 0) is 38.1 Å². The van der Waals surface area contributed by atoms with Crippen molar-refractivity contribution in [3.63, 3.8) is 0 Å². The standard InChI is InChI=1S/C12H16N2O3S/c1-13-18(16,17)11-6-4-5-10(9-11)12(15)14-7-2-3-8-14/h4-6,9,13H,2-3,7-8H2,1H3. The van der Waals surface area contributed by atoms with Gasteiger partial charge in [0.15, 0.2) is 0 Å². The molecule has 0 aliphatic carbocycles. The topological polar surface area (TPSA) is 66.5 Å². The zero-order valence-corrected chi connectivity index (χ0v) is 11.0. The Morgan fingerprint density at radius 1 is 1.28 bits per heavy atom. The molecule has 1 fully saturated rings. The third kappa shape index (κ3) is 2.54. The highest BCUT2D eigenvalue weighted by molar-refractivity contribution is 7.89. The molecule has 1 N–H and O–H groups in total. The zero-order chi connectivity index (χ0) is 13.2. The van der Waals surface area contributed by atoms with Gasteiger partial charge in [0.2, 0.25) is 10.0 Å². The van der Waals surface area contributed by atoms with Crippen molar-refractivity contribution in [2.45, 2.75) is 17.7 Å². The number of nitrogens with one attached hydrogen (secondary N) is 1. The van der Waals surface area contributed by atoms with Crippen LogP contribution in [-0.2, 0) is 10.0 Å². The number of rotatable bonds is 3. The second-order valence-corrected chi connectivity index (χ2v) is 6.12. The van der Waals surface area contributed by atoms with E-state index in [1.54, 1.807) is 17.0 Å². The molecule has 0 atom stereocenters. The van der Waals surface area contributed by atoms with Crippen LogP contribution in [0, 0.1) is 0 Å². The first-order valence-electron chi connectivity index (χ1n) is 5.87. The van der Waals surface area contributed by atoms with E-state index >= 15 is 0 Å². The molecule has 1 heterocycles. The number of benzene rings is 1. The van der Waals surface area contributed by atoms with Gasteiger partial charge in [-0.15, -0.1) is 0 Å². The largest absolute Gasteiger partial charge is 0.339 e. The highest BCUT2D eigenvalue weighted by Crippen LogP contribution is 2.16. The smallest absolute Gasteiger partial charge is 0.253 e. The molecular weight excluding hydrogens is 252 g/mol. The number of likely N-dealkylation sites (tertiary alicyclic amines) is 1. The van der Waals surface area contributed by atoms with Crippen molar-refractivity contribution in [1.82, 2.24) is 9.62 Å². The Labute approximate surface area is 107 Å². The average Bonchev–Trinajstić information content (AvgIpc) is 2.92. The molecule has 1 aliphatic heterocycles. The van der Waals surface area contributed by atoms with Crippen LogP contribution in [0.3, 0.4) is 0 Å². The summed E-state index contributed by atoms with van der Waals surface area (Å²) < 4.78 is 25.6. The Balaban J connectivity index is 2.30. The highest BCUT2D eigenvalue weighted by atomic mass is 32.2. The fourth-order valence-electron chi connectivity index (χ4n) is 2.02. The van der Waals surface area contributed by atoms with Gasteiger partial charge >= 0.3 is 0 Å². The van der Waals surface area contributed by atoms with Crippen molar-refractivity contribution in [2.75, 3.05) is 20.1 Å². The number of hydrogen-bond donors (Lipinski definition) is 1. The summed E-state index contributed by atoms with van der Waals surface area (Å²) in [5.41, 5.74) is 0.424. The number of amides is 1. The molecular formula is C12H16N2O3S. The van der Waals surface area contributed by atoms with E-state index in [-0.39, 0.29) is 10.8 Å². The summed E-state index contributed by atoms with van der Waals surface area (Å²) in [7, 11) is -2.15.